The van der Waals surface area contributed by atoms with Crippen molar-refractivity contribution in [3.63, 3.8) is 0 Å². The number of para-hydroxylation sites is 2. The first-order valence-electron chi connectivity index (χ1n) is 8.95. The van der Waals surface area contributed by atoms with Crippen molar-refractivity contribution >= 4 is 33.8 Å². The molecule has 0 atom stereocenters. The fourth-order valence-electron chi connectivity index (χ4n) is 3.07. The van der Waals surface area contributed by atoms with E-state index in [1.807, 2.05) is 24.3 Å². The Morgan fingerprint density at radius 1 is 1.14 bits per heavy atom. The second-order valence-corrected chi connectivity index (χ2v) is 6.37. The number of carbonyl (C=O) groups excluding carboxylic acids is 1. The quantitative estimate of drug-likeness (QED) is 0.520. The molecule has 0 bridgehead atoms. The van der Waals surface area contributed by atoms with Crippen molar-refractivity contribution in [2.75, 3.05) is 19.5 Å². The number of anilines is 1. The first-order valence-corrected chi connectivity index (χ1v) is 8.95. The summed E-state index contributed by atoms with van der Waals surface area (Å²) >= 11 is 0. The molecule has 0 radical (unpaired) electrons. The van der Waals surface area contributed by atoms with Crippen LogP contribution in [0.2, 0.25) is 0 Å². The van der Waals surface area contributed by atoms with Crippen molar-refractivity contribution in [1.82, 2.24) is 19.5 Å². The Bertz CT molecular complexity index is 1230. The number of aryl methyl sites for hydroxylation is 1. The average molecular weight is 393 g/mol. The van der Waals surface area contributed by atoms with Gasteiger partial charge in [0.05, 0.1) is 42.5 Å². The number of hydrogen-bond donors (Lipinski definition) is 2. The number of ether oxygens (including phenoxy) is 2. The maximum atomic E-state index is 12.8. The SMILES string of the molecule is COc1cc2ncn(CCC(=O)Nc3nc4ccccc4[nH]3)c(=O)c2cc1OC. The second kappa shape index (κ2) is 7.63. The molecule has 0 saturated carbocycles. The zero-order valence-electron chi connectivity index (χ0n) is 15.9. The Labute approximate surface area is 165 Å². The number of nitrogens with one attached hydrogen (secondary N) is 2. The number of hydrogen-bond acceptors (Lipinski definition) is 6. The number of fused-ring (bicyclic) bond motifs is 2. The predicted octanol–water partition coefficient (Wildman–Crippen LogP) is 2.32. The van der Waals surface area contributed by atoms with Gasteiger partial charge in [-0.2, -0.15) is 0 Å². The van der Waals surface area contributed by atoms with E-state index in [4.69, 9.17) is 9.47 Å². The van der Waals surface area contributed by atoms with Crippen LogP contribution >= 0.6 is 0 Å². The summed E-state index contributed by atoms with van der Waals surface area (Å²) in [6, 6.07) is 10.7. The molecule has 0 unspecified atom stereocenters. The lowest BCUT2D eigenvalue weighted by Crippen LogP contribution is -2.24. The van der Waals surface area contributed by atoms with E-state index < -0.39 is 0 Å². The molecule has 9 heteroatoms. The molecule has 29 heavy (non-hydrogen) atoms. The lowest BCUT2D eigenvalue weighted by Gasteiger charge is -2.10. The number of amides is 1. The number of rotatable bonds is 6. The Kier molecular flexibility index (Phi) is 4.86. The molecule has 4 rings (SSSR count). The normalized spacial score (nSPS) is 11.0. The van der Waals surface area contributed by atoms with Crippen molar-refractivity contribution in [2.24, 2.45) is 0 Å². The standard InChI is InChI=1S/C20H19N5O4/c1-28-16-9-12-15(10-17(16)29-2)21-11-25(19(12)27)8-7-18(26)24-20-22-13-5-3-4-6-14(13)23-20/h3-6,9-11H,7-8H2,1-2H3,(H2,22,23,24,26). The van der Waals surface area contributed by atoms with E-state index in [2.05, 4.69) is 20.3 Å². The van der Waals surface area contributed by atoms with Crippen LogP contribution in [0, 0.1) is 0 Å². The molecule has 9 nitrogen and oxygen atoms in total. The van der Waals surface area contributed by atoms with Gasteiger partial charge in [-0.3, -0.25) is 19.5 Å². The van der Waals surface area contributed by atoms with Crippen molar-refractivity contribution in [1.29, 1.82) is 0 Å². The van der Waals surface area contributed by atoms with Gasteiger partial charge in [-0.25, -0.2) is 9.97 Å². The van der Waals surface area contributed by atoms with E-state index in [0.717, 1.165) is 11.0 Å². The monoisotopic (exact) mass is 393 g/mol. The first-order chi connectivity index (χ1) is 14.1. The van der Waals surface area contributed by atoms with Gasteiger partial charge in [0.1, 0.15) is 0 Å². The maximum Gasteiger partial charge on any atom is 0.261 e. The third kappa shape index (κ3) is 3.62. The summed E-state index contributed by atoms with van der Waals surface area (Å²) in [5.41, 5.74) is 1.84. The first kappa shape index (κ1) is 18.5. The van der Waals surface area contributed by atoms with Crippen LogP contribution in [0.3, 0.4) is 0 Å². The molecule has 0 aliphatic carbocycles. The minimum Gasteiger partial charge on any atom is -0.493 e. The van der Waals surface area contributed by atoms with E-state index in [1.54, 1.807) is 12.1 Å². The number of H-pyrrole nitrogens is 1. The molecule has 0 aliphatic heterocycles. The maximum absolute atomic E-state index is 12.8. The van der Waals surface area contributed by atoms with Crippen LogP contribution in [0.5, 0.6) is 11.5 Å². The van der Waals surface area contributed by atoms with Crippen LogP contribution in [0.1, 0.15) is 6.42 Å². The summed E-state index contributed by atoms with van der Waals surface area (Å²) in [5, 5.41) is 3.11. The summed E-state index contributed by atoms with van der Waals surface area (Å²) in [7, 11) is 3.02. The van der Waals surface area contributed by atoms with Gasteiger partial charge < -0.3 is 14.5 Å². The number of imidazole rings is 1. The molecule has 1 amide bonds. The lowest BCUT2D eigenvalue weighted by atomic mass is 10.2. The van der Waals surface area contributed by atoms with Crippen molar-refractivity contribution in [3.8, 4) is 11.5 Å². The van der Waals surface area contributed by atoms with Gasteiger partial charge in [-0.05, 0) is 18.2 Å². The minimum atomic E-state index is -0.261. The highest BCUT2D eigenvalue weighted by Crippen LogP contribution is 2.29. The van der Waals surface area contributed by atoms with Gasteiger partial charge in [-0.15, -0.1) is 0 Å². The number of carbonyl (C=O) groups is 1. The van der Waals surface area contributed by atoms with Crippen molar-refractivity contribution in [3.05, 3.63) is 53.1 Å². The Morgan fingerprint density at radius 2 is 1.90 bits per heavy atom. The predicted molar refractivity (Wildman–Crippen MR) is 108 cm³/mol. The fourth-order valence-corrected chi connectivity index (χ4v) is 3.07. The molecule has 0 spiro atoms. The van der Waals surface area contributed by atoms with E-state index in [9.17, 15) is 9.59 Å². The van der Waals surface area contributed by atoms with Crippen molar-refractivity contribution < 1.29 is 14.3 Å². The van der Waals surface area contributed by atoms with E-state index in [0.29, 0.717) is 28.4 Å². The van der Waals surface area contributed by atoms with E-state index >= 15 is 0 Å². The summed E-state index contributed by atoms with van der Waals surface area (Å²) < 4.78 is 11.9. The Morgan fingerprint density at radius 3 is 2.66 bits per heavy atom. The highest BCUT2D eigenvalue weighted by Gasteiger charge is 2.12. The van der Waals surface area contributed by atoms with Crippen LogP contribution in [0.25, 0.3) is 21.9 Å². The smallest absolute Gasteiger partial charge is 0.261 e. The van der Waals surface area contributed by atoms with Gasteiger partial charge in [0.2, 0.25) is 11.9 Å². The van der Waals surface area contributed by atoms with E-state index in [1.165, 1.54) is 25.1 Å². The molecule has 2 heterocycles. The minimum absolute atomic E-state index is 0.0947. The molecule has 0 aliphatic rings. The largest absolute Gasteiger partial charge is 0.493 e. The Balaban J connectivity index is 1.50. The fraction of sp³-hybridized carbons (Fsp3) is 0.200. The molecule has 2 aromatic heterocycles. The number of benzene rings is 2. The van der Waals surface area contributed by atoms with Gasteiger partial charge in [0, 0.05) is 19.0 Å². The van der Waals surface area contributed by atoms with Gasteiger partial charge in [-0.1, -0.05) is 12.1 Å². The molecular formula is C20H19N5O4. The van der Waals surface area contributed by atoms with E-state index in [-0.39, 0.29) is 24.4 Å². The number of nitrogens with zero attached hydrogens (tertiary/aromatic N) is 3. The summed E-state index contributed by atoms with van der Waals surface area (Å²) in [5.74, 6) is 1.05. The summed E-state index contributed by atoms with van der Waals surface area (Å²) in [6.07, 6.45) is 1.52. The second-order valence-electron chi connectivity index (χ2n) is 6.37. The number of methoxy groups -OCH3 is 2. The van der Waals surface area contributed by atoms with Crippen LogP contribution in [-0.4, -0.2) is 39.6 Å². The molecule has 0 saturated heterocycles. The Hall–Kier alpha value is -3.88. The van der Waals surface area contributed by atoms with Crippen LogP contribution in [0.15, 0.2) is 47.5 Å². The molecule has 0 fully saturated rings. The van der Waals surface area contributed by atoms with Gasteiger partial charge in [0.25, 0.3) is 5.56 Å². The van der Waals surface area contributed by atoms with Crippen LogP contribution in [0.4, 0.5) is 5.95 Å². The highest BCUT2D eigenvalue weighted by atomic mass is 16.5. The zero-order valence-corrected chi connectivity index (χ0v) is 15.9. The molecule has 148 valence electrons. The molecule has 2 aromatic carbocycles. The van der Waals surface area contributed by atoms with Gasteiger partial charge in [0.15, 0.2) is 11.5 Å². The van der Waals surface area contributed by atoms with Gasteiger partial charge >= 0.3 is 0 Å². The van der Waals surface area contributed by atoms with Crippen LogP contribution < -0.4 is 20.3 Å². The molecule has 4 aromatic rings. The third-order valence-electron chi connectivity index (χ3n) is 4.56. The third-order valence-corrected chi connectivity index (χ3v) is 4.56. The molecular weight excluding hydrogens is 374 g/mol. The summed E-state index contributed by atoms with van der Waals surface area (Å²) in [6.45, 7) is 0.183. The summed E-state index contributed by atoms with van der Waals surface area (Å²) in [4.78, 5) is 36.7. The van der Waals surface area contributed by atoms with Crippen molar-refractivity contribution in [2.45, 2.75) is 13.0 Å². The topological polar surface area (TPSA) is 111 Å². The highest BCUT2D eigenvalue weighted by molar-refractivity contribution is 5.91. The number of aromatic nitrogens is 4. The average Bonchev–Trinajstić information content (AvgIpc) is 3.14. The zero-order chi connectivity index (χ0) is 20.4. The molecule has 2 N–H and O–H groups in total. The lowest BCUT2D eigenvalue weighted by molar-refractivity contribution is -0.116. The number of aromatic amines is 1. The van der Waals surface area contributed by atoms with Crippen LogP contribution in [-0.2, 0) is 11.3 Å².